The van der Waals surface area contributed by atoms with E-state index in [9.17, 15) is 10.1 Å². The summed E-state index contributed by atoms with van der Waals surface area (Å²) < 4.78 is 12.0. The molecule has 0 saturated carbocycles. The highest BCUT2D eigenvalue weighted by atomic mass is 16.6. The zero-order chi connectivity index (χ0) is 36.6. The zero-order valence-corrected chi connectivity index (χ0v) is 29.0. The number of hydrogen-bond acceptors (Lipinski definition) is 6. The van der Waals surface area contributed by atoms with E-state index >= 15 is 0 Å². The van der Waals surface area contributed by atoms with Crippen LogP contribution in [-0.2, 0) is 0 Å². The first-order chi connectivity index (χ1) is 26.5. The van der Waals surface area contributed by atoms with Gasteiger partial charge in [0.1, 0.15) is 17.2 Å². The molecular weight excluding hydrogens is 675 g/mol. The summed E-state index contributed by atoms with van der Waals surface area (Å²) in [7, 11) is 1.66. The lowest BCUT2D eigenvalue weighted by Gasteiger charge is -2.08. The van der Waals surface area contributed by atoms with Gasteiger partial charge in [-0.25, -0.2) is 9.97 Å². The summed E-state index contributed by atoms with van der Waals surface area (Å²) in [5.41, 5.74) is 11.9. The van der Waals surface area contributed by atoms with Crippen molar-refractivity contribution < 1.29 is 14.4 Å². The zero-order valence-electron chi connectivity index (χ0n) is 29.0. The van der Waals surface area contributed by atoms with Crippen LogP contribution in [-0.4, -0.2) is 32.0 Å². The Morgan fingerprint density at radius 2 is 0.926 bits per heavy atom. The maximum atomic E-state index is 11.4. The predicted molar refractivity (Wildman–Crippen MR) is 215 cm³/mol. The highest BCUT2D eigenvalue weighted by Gasteiger charge is 2.19. The van der Waals surface area contributed by atoms with E-state index in [1.807, 2.05) is 78.9 Å². The summed E-state index contributed by atoms with van der Waals surface area (Å²) in [5, 5.41) is 11.4. The molecule has 0 radical (unpaired) electrons. The third-order valence-electron chi connectivity index (χ3n) is 9.48. The Balaban J connectivity index is 1.40. The average Bonchev–Trinajstić information content (AvgIpc) is 4.06. The molecule has 9 rings (SSSR count). The van der Waals surface area contributed by atoms with Gasteiger partial charge in [0, 0.05) is 45.4 Å². The van der Waals surface area contributed by atoms with Crippen LogP contribution < -0.4 is 9.47 Å². The number of H-pyrrole nitrogens is 2. The summed E-state index contributed by atoms with van der Waals surface area (Å²) in [6.07, 6.45) is 8.03. The summed E-state index contributed by atoms with van der Waals surface area (Å²) in [6, 6.07) is 42.5. The van der Waals surface area contributed by atoms with Gasteiger partial charge < -0.3 is 19.4 Å². The average molecular weight is 706 g/mol. The Hall–Kier alpha value is -7.52. The van der Waals surface area contributed by atoms with E-state index in [4.69, 9.17) is 19.4 Å². The van der Waals surface area contributed by atoms with Gasteiger partial charge in [-0.2, -0.15) is 0 Å². The third kappa shape index (κ3) is 5.99. The van der Waals surface area contributed by atoms with E-state index in [0.29, 0.717) is 22.7 Å². The van der Waals surface area contributed by atoms with Crippen LogP contribution in [0.1, 0.15) is 22.8 Å². The number of hydrogen-bond donors (Lipinski definition) is 2. The Morgan fingerprint density at radius 3 is 1.43 bits per heavy atom. The van der Waals surface area contributed by atoms with Crippen LogP contribution in [0.2, 0.25) is 0 Å². The number of ether oxygens (including phenoxy) is 2. The molecule has 4 aromatic carbocycles. The Labute approximate surface area is 309 Å². The fourth-order valence-electron chi connectivity index (χ4n) is 6.92. The highest BCUT2D eigenvalue weighted by molar-refractivity contribution is 5.98. The van der Waals surface area contributed by atoms with E-state index in [0.717, 1.165) is 72.8 Å². The molecule has 2 aliphatic rings. The first kappa shape index (κ1) is 32.4. The van der Waals surface area contributed by atoms with Crippen molar-refractivity contribution in [1.82, 2.24) is 19.9 Å². The van der Waals surface area contributed by atoms with Crippen LogP contribution in [0.15, 0.2) is 133 Å². The maximum absolute atomic E-state index is 11.4. The van der Waals surface area contributed by atoms with E-state index in [2.05, 4.69) is 64.6 Å². The van der Waals surface area contributed by atoms with E-state index in [1.54, 1.807) is 19.2 Å². The molecule has 0 amide bonds. The van der Waals surface area contributed by atoms with Crippen LogP contribution in [0.5, 0.6) is 17.2 Å². The van der Waals surface area contributed by atoms with Crippen molar-refractivity contribution >= 4 is 52.1 Å². The monoisotopic (exact) mass is 705 g/mol. The molecule has 54 heavy (non-hydrogen) atoms. The molecule has 0 atom stereocenters. The molecule has 260 valence electrons. The summed E-state index contributed by atoms with van der Waals surface area (Å²) in [6.45, 7) is 0. The number of aromatic nitrogens is 4. The molecule has 7 aromatic rings. The van der Waals surface area contributed by atoms with Gasteiger partial charge in [0.05, 0.1) is 34.6 Å². The summed E-state index contributed by atoms with van der Waals surface area (Å²) in [4.78, 5) is 28.8. The number of benzene rings is 4. The van der Waals surface area contributed by atoms with E-state index in [-0.39, 0.29) is 5.69 Å². The second kappa shape index (κ2) is 13.6. The SMILES string of the molecule is COc1ccc(-c2c3nc(c(-c4ccccc4)c4ccc([nH]4)c(Oc4ccc([N+](=O)[O-])cc4)c4nc(c(-c5ccccc5)c5ccc2[nH]5)C=C4)C=C3)cc1. The molecule has 2 N–H and O–H groups in total. The molecule has 2 aliphatic heterocycles. The van der Waals surface area contributed by atoms with Crippen molar-refractivity contribution in [1.29, 1.82) is 0 Å². The standard InChI is InChI=1S/C45H31N5O4/c1-53-32-16-12-30(13-17-32)44-36-22-20-34(46-36)42(28-8-4-2-5-9-28)38-24-26-40(48-38)45(54-33-18-14-31(15-19-33)50(51)52)41-27-25-39(49-41)43(29-10-6-3-7-11-29)35-21-23-37(44)47-35/h2-27,46,49H,1H3. The number of nitro groups is 1. The van der Waals surface area contributed by atoms with Gasteiger partial charge >= 0.3 is 0 Å². The first-order valence-corrected chi connectivity index (χ1v) is 17.4. The Bertz CT molecular complexity index is 2750. The molecule has 8 bridgehead atoms. The number of fused-ring (bicyclic) bond motifs is 8. The second-order valence-electron chi connectivity index (χ2n) is 12.8. The molecule has 0 fully saturated rings. The van der Waals surface area contributed by atoms with Gasteiger partial charge in [-0.1, -0.05) is 72.8 Å². The number of nitrogens with one attached hydrogen (secondary N) is 2. The molecule has 9 nitrogen and oxygen atoms in total. The number of methoxy groups -OCH3 is 1. The molecule has 0 unspecified atom stereocenters. The van der Waals surface area contributed by atoms with Gasteiger partial charge in [0.25, 0.3) is 5.69 Å². The maximum Gasteiger partial charge on any atom is 0.269 e. The highest BCUT2D eigenvalue weighted by Crippen LogP contribution is 2.39. The topological polar surface area (TPSA) is 119 Å². The van der Waals surface area contributed by atoms with Crippen molar-refractivity contribution in [3.05, 3.63) is 166 Å². The number of nitro benzene ring substituents is 1. The van der Waals surface area contributed by atoms with Crippen molar-refractivity contribution in [2.24, 2.45) is 0 Å². The van der Waals surface area contributed by atoms with Crippen LogP contribution in [0.25, 0.3) is 79.8 Å². The lowest BCUT2D eigenvalue weighted by molar-refractivity contribution is -0.384. The van der Waals surface area contributed by atoms with Gasteiger partial charge in [-0.3, -0.25) is 10.1 Å². The van der Waals surface area contributed by atoms with Gasteiger partial charge in [0.15, 0.2) is 5.75 Å². The fourth-order valence-corrected chi connectivity index (χ4v) is 6.92. The number of non-ortho nitro benzene ring substituents is 1. The van der Waals surface area contributed by atoms with Crippen molar-refractivity contribution in [2.75, 3.05) is 7.11 Å². The first-order valence-electron chi connectivity index (χ1n) is 17.4. The smallest absolute Gasteiger partial charge is 0.269 e. The lowest BCUT2D eigenvalue weighted by atomic mass is 10.0. The van der Waals surface area contributed by atoms with Crippen LogP contribution >= 0.6 is 0 Å². The number of nitrogens with zero attached hydrogens (tertiary/aromatic N) is 3. The normalized spacial score (nSPS) is 11.8. The Kier molecular flexibility index (Phi) is 8.13. The summed E-state index contributed by atoms with van der Waals surface area (Å²) in [5.74, 6) is 1.67. The molecule has 3 aromatic heterocycles. The van der Waals surface area contributed by atoms with Crippen molar-refractivity contribution in [2.45, 2.75) is 0 Å². The largest absolute Gasteiger partial charge is 0.497 e. The van der Waals surface area contributed by atoms with Gasteiger partial charge in [0.2, 0.25) is 0 Å². The Morgan fingerprint density at radius 1 is 0.500 bits per heavy atom. The summed E-state index contributed by atoms with van der Waals surface area (Å²) >= 11 is 0. The third-order valence-corrected chi connectivity index (χ3v) is 9.48. The molecule has 0 spiro atoms. The van der Waals surface area contributed by atoms with Crippen molar-refractivity contribution in [3.63, 3.8) is 0 Å². The molecule has 0 saturated heterocycles. The number of aromatic amines is 2. The van der Waals surface area contributed by atoms with Crippen LogP contribution in [0.4, 0.5) is 5.69 Å². The minimum Gasteiger partial charge on any atom is -0.497 e. The fraction of sp³-hybridized carbons (Fsp3) is 0.0222. The van der Waals surface area contributed by atoms with Gasteiger partial charge in [-0.05, 0) is 89.5 Å². The van der Waals surface area contributed by atoms with Gasteiger partial charge in [-0.15, -0.1) is 0 Å². The van der Waals surface area contributed by atoms with Crippen LogP contribution in [0, 0.1) is 10.1 Å². The molecule has 9 heteroatoms. The quantitative estimate of drug-likeness (QED) is 0.126. The minimum absolute atomic E-state index is 0.0234. The number of rotatable bonds is 7. The lowest BCUT2D eigenvalue weighted by Crippen LogP contribution is -1.92. The molecule has 0 aliphatic carbocycles. The predicted octanol–water partition coefficient (Wildman–Crippen LogP) is 11.4. The second-order valence-corrected chi connectivity index (χ2v) is 12.8. The minimum atomic E-state index is -0.430. The molecule has 5 heterocycles. The van der Waals surface area contributed by atoms with E-state index in [1.165, 1.54) is 12.1 Å². The molecular formula is C45H31N5O4. The van der Waals surface area contributed by atoms with Crippen LogP contribution in [0.3, 0.4) is 0 Å². The van der Waals surface area contributed by atoms with E-state index < -0.39 is 4.92 Å². The van der Waals surface area contributed by atoms with Crippen molar-refractivity contribution in [3.8, 4) is 50.6 Å².